The predicted octanol–water partition coefficient (Wildman–Crippen LogP) is 0.458. The quantitative estimate of drug-likeness (QED) is 0.485. The van der Waals surface area contributed by atoms with Gasteiger partial charge in [0.25, 0.3) is 0 Å². The molecule has 1 atom stereocenters. The van der Waals surface area contributed by atoms with Gasteiger partial charge in [-0.15, -0.1) is 0 Å². The maximum atomic E-state index is 11.1. The average molecular weight is 272 g/mol. The van der Waals surface area contributed by atoms with Crippen molar-refractivity contribution in [1.29, 1.82) is 0 Å². The predicted molar refractivity (Wildman–Crippen MR) is 68.3 cm³/mol. The van der Waals surface area contributed by atoms with Crippen molar-refractivity contribution in [1.82, 2.24) is 0 Å². The molecule has 108 valence electrons. The van der Waals surface area contributed by atoms with Gasteiger partial charge in [0.15, 0.2) is 0 Å². The number of hydrogen-bond donors (Lipinski definition) is 1. The molecule has 0 spiro atoms. The van der Waals surface area contributed by atoms with Crippen molar-refractivity contribution in [2.45, 2.75) is 13.0 Å². The maximum absolute atomic E-state index is 11.1. The first-order valence-corrected chi connectivity index (χ1v) is 5.67. The smallest absolute Gasteiger partial charge is 0.330 e. The Labute approximate surface area is 112 Å². The molecule has 6 nitrogen and oxygen atoms in total. The second-order valence-corrected chi connectivity index (χ2v) is 4.02. The van der Waals surface area contributed by atoms with Gasteiger partial charge in [-0.05, 0) is 6.92 Å². The van der Waals surface area contributed by atoms with Crippen molar-refractivity contribution in [3.8, 4) is 0 Å². The summed E-state index contributed by atoms with van der Waals surface area (Å²) in [4.78, 5) is 22.2. The van der Waals surface area contributed by atoms with E-state index in [2.05, 4.69) is 13.2 Å². The van der Waals surface area contributed by atoms with Gasteiger partial charge in [-0.25, -0.2) is 9.59 Å². The van der Waals surface area contributed by atoms with Crippen LogP contribution in [0.5, 0.6) is 0 Å². The number of esters is 2. The van der Waals surface area contributed by atoms with E-state index in [-0.39, 0.29) is 19.8 Å². The first-order chi connectivity index (χ1) is 8.95. The Morgan fingerprint density at radius 3 is 1.89 bits per heavy atom. The zero-order chi connectivity index (χ0) is 14.9. The van der Waals surface area contributed by atoms with Crippen LogP contribution in [-0.2, 0) is 23.8 Å². The molecule has 0 aromatic heterocycles. The molecule has 6 heteroatoms. The topological polar surface area (TPSA) is 82.1 Å². The lowest BCUT2D eigenvalue weighted by Gasteiger charge is -2.35. The summed E-state index contributed by atoms with van der Waals surface area (Å²) in [6, 6.07) is 0. The molecule has 0 saturated carbocycles. The lowest BCUT2D eigenvalue weighted by molar-refractivity contribution is -0.160. The van der Waals surface area contributed by atoms with Crippen LogP contribution in [-0.4, -0.2) is 50.1 Å². The van der Waals surface area contributed by atoms with Crippen molar-refractivity contribution in [2.24, 2.45) is 5.41 Å². The Bertz CT molecular complexity index is 312. The fourth-order valence-corrected chi connectivity index (χ4v) is 1.29. The standard InChI is InChI=1S/C13H20O6/c1-5-11(15)18-8-13(7-14,10(3)17-4)9-19-12(16)6-2/h5-6,10,14H,1-2,7-9H2,3-4H3. The van der Waals surface area contributed by atoms with Crippen LogP contribution in [0.1, 0.15) is 6.92 Å². The van der Waals surface area contributed by atoms with E-state index >= 15 is 0 Å². The van der Waals surface area contributed by atoms with Gasteiger partial charge in [-0.1, -0.05) is 13.2 Å². The van der Waals surface area contributed by atoms with E-state index in [9.17, 15) is 14.7 Å². The maximum Gasteiger partial charge on any atom is 0.330 e. The van der Waals surface area contributed by atoms with Gasteiger partial charge in [-0.3, -0.25) is 0 Å². The minimum atomic E-state index is -1.04. The third-order valence-electron chi connectivity index (χ3n) is 2.87. The molecule has 1 unspecified atom stereocenters. The molecular formula is C13H20O6. The monoisotopic (exact) mass is 272 g/mol. The van der Waals surface area contributed by atoms with Crippen LogP contribution in [0.4, 0.5) is 0 Å². The summed E-state index contributed by atoms with van der Waals surface area (Å²) in [5, 5.41) is 9.53. The van der Waals surface area contributed by atoms with Gasteiger partial charge in [0.2, 0.25) is 0 Å². The molecule has 1 N–H and O–H groups in total. The summed E-state index contributed by atoms with van der Waals surface area (Å²) in [6.07, 6.45) is 1.53. The summed E-state index contributed by atoms with van der Waals surface area (Å²) in [5.74, 6) is -1.26. The minimum Gasteiger partial charge on any atom is -0.462 e. The lowest BCUT2D eigenvalue weighted by Crippen LogP contribution is -2.47. The zero-order valence-corrected chi connectivity index (χ0v) is 11.3. The van der Waals surface area contributed by atoms with Gasteiger partial charge < -0.3 is 19.3 Å². The summed E-state index contributed by atoms with van der Waals surface area (Å²) in [5.41, 5.74) is -1.04. The van der Waals surface area contributed by atoms with E-state index in [4.69, 9.17) is 14.2 Å². The summed E-state index contributed by atoms with van der Waals surface area (Å²) >= 11 is 0. The Morgan fingerprint density at radius 2 is 1.63 bits per heavy atom. The second-order valence-electron chi connectivity index (χ2n) is 4.02. The third-order valence-corrected chi connectivity index (χ3v) is 2.87. The Kier molecular flexibility index (Phi) is 7.71. The van der Waals surface area contributed by atoms with Crippen molar-refractivity contribution >= 4 is 11.9 Å². The zero-order valence-electron chi connectivity index (χ0n) is 11.3. The highest BCUT2D eigenvalue weighted by atomic mass is 16.6. The second kappa shape index (κ2) is 8.44. The number of rotatable bonds is 9. The normalized spacial score (nSPS) is 12.4. The van der Waals surface area contributed by atoms with Gasteiger partial charge in [-0.2, -0.15) is 0 Å². The van der Waals surface area contributed by atoms with E-state index in [1.165, 1.54) is 7.11 Å². The largest absolute Gasteiger partial charge is 0.462 e. The van der Waals surface area contributed by atoms with E-state index in [1.807, 2.05) is 0 Å². The van der Waals surface area contributed by atoms with Gasteiger partial charge in [0, 0.05) is 19.3 Å². The van der Waals surface area contributed by atoms with Gasteiger partial charge in [0.1, 0.15) is 13.2 Å². The van der Waals surface area contributed by atoms with Crippen LogP contribution >= 0.6 is 0 Å². The molecule has 0 aliphatic heterocycles. The number of ether oxygens (including phenoxy) is 3. The molecule has 0 fully saturated rings. The van der Waals surface area contributed by atoms with E-state index in [0.29, 0.717) is 0 Å². The number of aliphatic hydroxyl groups excluding tert-OH is 1. The number of hydrogen-bond acceptors (Lipinski definition) is 6. The van der Waals surface area contributed by atoms with Crippen LogP contribution in [0.3, 0.4) is 0 Å². The number of carbonyl (C=O) groups excluding carboxylic acids is 2. The Balaban J connectivity index is 4.86. The van der Waals surface area contributed by atoms with Crippen LogP contribution < -0.4 is 0 Å². The molecule has 0 aromatic carbocycles. The summed E-state index contributed by atoms with van der Waals surface area (Å²) in [7, 11) is 1.44. The highest BCUT2D eigenvalue weighted by Gasteiger charge is 2.39. The molecule has 0 aliphatic rings. The van der Waals surface area contributed by atoms with Crippen molar-refractivity contribution < 1.29 is 28.9 Å². The molecule has 0 rings (SSSR count). The minimum absolute atomic E-state index is 0.159. The molecule has 0 amide bonds. The molecule has 19 heavy (non-hydrogen) atoms. The highest BCUT2D eigenvalue weighted by molar-refractivity contribution is 5.81. The van der Waals surface area contributed by atoms with Crippen LogP contribution in [0, 0.1) is 5.41 Å². The molecule has 0 radical (unpaired) electrons. The van der Waals surface area contributed by atoms with E-state index in [1.54, 1.807) is 6.92 Å². The SMILES string of the molecule is C=CC(=O)OCC(CO)(COC(=O)C=C)C(C)OC. The van der Waals surface area contributed by atoms with E-state index < -0.39 is 23.5 Å². The van der Waals surface area contributed by atoms with Gasteiger partial charge >= 0.3 is 11.9 Å². The third kappa shape index (κ3) is 5.23. The van der Waals surface area contributed by atoms with Crippen molar-refractivity contribution in [3.05, 3.63) is 25.3 Å². The summed E-state index contributed by atoms with van der Waals surface area (Å²) < 4.78 is 15.0. The molecule has 0 aliphatic carbocycles. The first kappa shape index (κ1) is 17.3. The first-order valence-electron chi connectivity index (χ1n) is 5.67. The molecule has 0 saturated heterocycles. The van der Waals surface area contributed by atoms with Crippen LogP contribution in [0.2, 0.25) is 0 Å². The average Bonchev–Trinajstić information content (AvgIpc) is 2.46. The molecule has 0 heterocycles. The van der Waals surface area contributed by atoms with Gasteiger partial charge in [0.05, 0.1) is 18.1 Å². The van der Waals surface area contributed by atoms with E-state index in [0.717, 1.165) is 12.2 Å². The number of methoxy groups -OCH3 is 1. The Hall–Kier alpha value is -1.66. The fraction of sp³-hybridized carbons (Fsp3) is 0.538. The number of carbonyl (C=O) groups is 2. The number of aliphatic hydroxyl groups is 1. The fourth-order valence-electron chi connectivity index (χ4n) is 1.29. The highest BCUT2D eigenvalue weighted by Crippen LogP contribution is 2.25. The lowest BCUT2D eigenvalue weighted by atomic mass is 9.85. The van der Waals surface area contributed by atoms with Crippen LogP contribution in [0.25, 0.3) is 0 Å². The molecule has 0 bridgehead atoms. The molecule has 0 aromatic rings. The molecular weight excluding hydrogens is 252 g/mol. The summed E-state index contributed by atoms with van der Waals surface area (Å²) in [6.45, 7) is 7.53. The van der Waals surface area contributed by atoms with Crippen LogP contribution in [0.15, 0.2) is 25.3 Å². The van der Waals surface area contributed by atoms with Crippen molar-refractivity contribution in [2.75, 3.05) is 26.9 Å². The van der Waals surface area contributed by atoms with Crippen molar-refractivity contribution in [3.63, 3.8) is 0 Å². The Morgan fingerprint density at radius 1 is 1.21 bits per heavy atom.